The maximum Gasteiger partial charge on any atom is 0.286 e. The smallest absolute Gasteiger partial charge is 0.286 e. The molecular formula is C10H9ClN4O3S2. The van der Waals surface area contributed by atoms with Gasteiger partial charge in [-0.2, -0.15) is 0 Å². The number of nitrogens with one attached hydrogen (secondary N) is 2. The second kappa shape index (κ2) is 5.83. The minimum absolute atomic E-state index is 0.0492. The van der Waals surface area contributed by atoms with Gasteiger partial charge in [-0.1, -0.05) is 17.4 Å². The van der Waals surface area contributed by atoms with Crippen molar-refractivity contribution in [1.29, 1.82) is 0 Å². The first-order valence-corrected chi connectivity index (χ1v) is 7.94. The summed E-state index contributed by atoms with van der Waals surface area (Å²) in [6, 6.07) is 5.85. The predicted molar refractivity (Wildman–Crippen MR) is 75.6 cm³/mol. The molecule has 1 aromatic carbocycles. The molecule has 106 valence electrons. The topological polar surface area (TPSA) is 101 Å². The summed E-state index contributed by atoms with van der Waals surface area (Å²) in [6.45, 7) is 0. The molecule has 10 heteroatoms. The largest absolute Gasteiger partial charge is 0.320 e. The van der Waals surface area contributed by atoms with E-state index in [0.717, 1.165) is 11.3 Å². The first kappa shape index (κ1) is 14.9. The zero-order chi connectivity index (χ0) is 14.8. The third kappa shape index (κ3) is 3.31. The lowest BCUT2D eigenvalue weighted by molar-refractivity contribution is 0.102. The van der Waals surface area contributed by atoms with Crippen LogP contribution >= 0.6 is 22.9 Å². The van der Waals surface area contributed by atoms with Gasteiger partial charge in [0.15, 0.2) is 0 Å². The van der Waals surface area contributed by atoms with Gasteiger partial charge in [0, 0.05) is 5.69 Å². The Balaban J connectivity index is 2.23. The molecule has 0 spiro atoms. The minimum Gasteiger partial charge on any atom is -0.320 e. The van der Waals surface area contributed by atoms with E-state index in [0.29, 0.717) is 5.69 Å². The van der Waals surface area contributed by atoms with Crippen LogP contribution in [0.4, 0.5) is 5.69 Å². The van der Waals surface area contributed by atoms with E-state index in [4.69, 9.17) is 11.6 Å². The summed E-state index contributed by atoms with van der Waals surface area (Å²) in [4.78, 5) is 11.9. The van der Waals surface area contributed by atoms with E-state index in [1.54, 1.807) is 6.07 Å². The van der Waals surface area contributed by atoms with Crippen molar-refractivity contribution >= 4 is 44.6 Å². The lowest BCUT2D eigenvalue weighted by atomic mass is 10.3. The molecule has 1 aromatic heterocycles. The van der Waals surface area contributed by atoms with Crippen LogP contribution in [0.1, 0.15) is 9.80 Å². The summed E-state index contributed by atoms with van der Waals surface area (Å²) in [5.41, 5.74) is 0.331. The SMILES string of the molecule is CNS(=O)(=O)c1cccc(NC(=O)c2nnc(Cl)s2)c1. The van der Waals surface area contributed by atoms with Crippen LogP contribution in [0.2, 0.25) is 4.47 Å². The van der Waals surface area contributed by atoms with Gasteiger partial charge in [0.1, 0.15) is 0 Å². The molecule has 2 aromatic rings. The standard InChI is InChI=1S/C10H9ClN4O3S2/c1-12-20(17,18)7-4-2-3-6(5-7)13-8(16)9-14-15-10(11)19-9/h2-5,12H,1H3,(H,13,16). The van der Waals surface area contributed by atoms with Crippen LogP contribution in [0, 0.1) is 0 Å². The lowest BCUT2D eigenvalue weighted by Gasteiger charge is -2.06. The van der Waals surface area contributed by atoms with Crippen LogP contribution < -0.4 is 10.0 Å². The summed E-state index contributed by atoms with van der Waals surface area (Å²) < 4.78 is 25.7. The van der Waals surface area contributed by atoms with E-state index >= 15 is 0 Å². The maximum atomic E-state index is 11.8. The number of amides is 1. The molecule has 20 heavy (non-hydrogen) atoms. The zero-order valence-corrected chi connectivity index (χ0v) is 12.5. The van der Waals surface area contributed by atoms with Gasteiger partial charge >= 0.3 is 0 Å². The quantitative estimate of drug-likeness (QED) is 0.880. The monoisotopic (exact) mass is 332 g/mol. The van der Waals surface area contributed by atoms with Crippen molar-refractivity contribution < 1.29 is 13.2 Å². The first-order chi connectivity index (χ1) is 9.42. The molecule has 0 saturated carbocycles. The molecule has 0 atom stereocenters. The fraction of sp³-hybridized carbons (Fsp3) is 0.100. The first-order valence-electron chi connectivity index (χ1n) is 5.26. The number of carbonyl (C=O) groups is 1. The number of rotatable bonds is 4. The average Bonchev–Trinajstić information content (AvgIpc) is 2.86. The van der Waals surface area contributed by atoms with Crippen LogP contribution in [-0.4, -0.2) is 31.6 Å². The summed E-state index contributed by atoms with van der Waals surface area (Å²) in [6.07, 6.45) is 0. The molecule has 2 N–H and O–H groups in total. The summed E-state index contributed by atoms with van der Waals surface area (Å²) in [5.74, 6) is -0.506. The number of hydrogen-bond acceptors (Lipinski definition) is 6. The molecule has 0 fully saturated rings. The van der Waals surface area contributed by atoms with Gasteiger partial charge in [0.05, 0.1) is 4.90 Å². The van der Waals surface area contributed by atoms with Crippen LogP contribution in [0.5, 0.6) is 0 Å². The van der Waals surface area contributed by atoms with Crippen molar-refractivity contribution in [2.24, 2.45) is 0 Å². The Kier molecular flexibility index (Phi) is 4.33. The van der Waals surface area contributed by atoms with Crippen LogP contribution in [0.15, 0.2) is 29.2 Å². The van der Waals surface area contributed by atoms with Crippen LogP contribution in [0.3, 0.4) is 0 Å². The normalized spacial score (nSPS) is 11.3. The molecule has 0 saturated heterocycles. The van der Waals surface area contributed by atoms with Crippen LogP contribution in [-0.2, 0) is 10.0 Å². The second-order valence-electron chi connectivity index (χ2n) is 3.55. The number of aromatic nitrogens is 2. The van der Waals surface area contributed by atoms with Crippen molar-refractivity contribution in [2.75, 3.05) is 12.4 Å². The van der Waals surface area contributed by atoms with E-state index in [9.17, 15) is 13.2 Å². The van der Waals surface area contributed by atoms with Crippen molar-refractivity contribution in [3.05, 3.63) is 33.7 Å². The Morgan fingerprint density at radius 2 is 2.10 bits per heavy atom. The molecule has 1 heterocycles. The molecule has 0 radical (unpaired) electrons. The highest BCUT2D eigenvalue weighted by molar-refractivity contribution is 7.89. The van der Waals surface area contributed by atoms with Gasteiger partial charge in [-0.3, -0.25) is 4.79 Å². The minimum atomic E-state index is -3.56. The second-order valence-corrected chi connectivity index (χ2v) is 7.00. The number of benzene rings is 1. The Bertz CT molecular complexity index is 744. The van der Waals surface area contributed by atoms with Gasteiger partial charge in [0.25, 0.3) is 5.91 Å². The third-order valence-corrected chi connectivity index (χ3v) is 4.70. The highest BCUT2D eigenvalue weighted by Gasteiger charge is 2.15. The van der Waals surface area contributed by atoms with E-state index in [1.807, 2.05) is 0 Å². The van der Waals surface area contributed by atoms with Crippen molar-refractivity contribution in [3.63, 3.8) is 0 Å². The Labute approximate surface area is 124 Å². The molecule has 0 bridgehead atoms. The van der Waals surface area contributed by atoms with E-state index in [2.05, 4.69) is 20.2 Å². The highest BCUT2D eigenvalue weighted by atomic mass is 35.5. The number of sulfonamides is 1. The lowest BCUT2D eigenvalue weighted by Crippen LogP contribution is -2.19. The Morgan fingerprint density at radius 3 is 2.70 bits per heavy atom. The zero-order valence-electron chi connectivity index (χ0n) is 10.1. The number of nitrogens with zero attached hydrogens (tertiary/aromatic N) is 2. The molecular weight excluding hydrogens is 324 g/mol. The van der Waals surface area contributed by atoms with Crippen molar-refractivity contribution in [2.45, 2.75) is 4.90 Å². The highest BCUT2D eigenvalue weighted by Crippen LogP contribution is 2.18. The van der Waals surface area contributed by atoms with E-state index in [-0.39, 0.29) is 14.4 Å². The molecule has 2 rings (SSSR count). The summed E-state index contributed by atoms with van der Waals surface area (Å²) >= 11 is 6.52. The Hall–Kier alpha value is -1.55. The number of carbonyl (C=O) groups excluding carboxylic acids is 1. The van der Waals surface area contributed by atoms with Gasteiger partial charge in [-0.25, -0.2) is 13.1 Å². The number of anilines is 1. The Morgan fingerprint density at radius 1 is 1.35 bits per heavy atom. The van der Waals surface area contributed by atoms with Gasteiger partial charge in [-0.05, 0) is 36.8 Å². The fourth-order valence-electron chi connectivity index (χ4n) is 1.34. The van der Waals surface area contributed by atoms with Gasteiger partial charge in [0.2, 0.25) is 19.5 Å². The molecule has 0 aliphatic rings. The van der Waals surface area contributed by atoms with E-state index < -0.39 is 15.9 Å². The molecule has 0 aliphatic heterocycles. The summed E-state index contributed by atoms with van der Waals surface area (Å²) in [5, 5.41) is 9.73. The van der Waals surface area contributed by atoms with Crippen molar-refractivity contribution in [3.8, 4) is 0 Å². The number of halogens is 1. The average molecular weight is 333 g/mol. The molecule has 1 amide bonds. The summed E-state index contributed by atoms with van der Waals surface area (Å²) in [7, 11) is -2.26. The fourth-order valence-corrected chi connectivity index (χ4v) is 2.84. The predicted octanol–water partition coefficient (Wildman–Crippen LogP) is 1.35. The van der Waals surface area contributed by atoms with Gasteiger partial charge < -0.3 is 5.32 Å². The van der Waals surface area contributed by atoms with Crippen molar-refractivity contribution in [1.82, 2.24) is 14.9 Å². The maximum absolute atomic E-state index is 11.8. The van der Waals surface area contributed by atoms with E-state index in [1.165, 1.54) is 25.2 Å². The molecule has 0 aliphatic carbocycles. The van der Waals surface area contributed by atoms with Crippen LogP contribution in [0.25, 0.3) is 0 Å². The molecule has 7 nitrogen and oxygen atoms in total. The third-order valence-electron chi connectivity index (χ3n) is 2.27. The number of hydrogen-bond donors (Lipinski definition) is 2. The molecule has 0 unspecified atom stereocenters. The van der Waals surface area contributed by atoms with Gasteiger partial charge in [-0.15, -0.1) is 10.2 Å².